The Kier molecular flexibility index (Phi) is 9.21. The third-order valence-electron chi connectivity index (χ3n) is 6.97. The molecule has 2 aromatic carbocycles. The highest BCUT2D eigenvalue weighted by atomic mass is 32.1. The van der Waals surface area contributed by atoms with Gasteiger partial charge in [0.05, 0.1) is 41.0 Å². The van der Waals surface area contributed by atoms with Gasteiger partial charge >= 0.3 is 6.18 Å². The zero-order valence-electron chi connectivity index (χ0n) is 22.7. The predicted octanol–water partition coefficient (Wildman–Crippen LogP) is 6.62. The molecule has 5 nitrogen and oxygen atoms in total. The normalized spacial score (nSPS) is 15.2. The number of benzene rings is 2. The Balaban J connectivity index is 1.57. The van der Waals surface area contributed by atoms with E-state index in [9.17, 15) is 17.7 Å². The Bertz CT molecular complexity index is 1410. The summed E-state index contributed by atoms with van der Waals surface area (Å²) in [5, 5.41) is 8.07. The quantitative estimate of drug-likeness (QED) is 0.233. The number of alkyl halides is 3. The molecule has 0 aliphatic carbocycles. The van der Waals surface area contributed by atoms with Crippen LogP contribution in [0.25, 0.3) is 10.1 Å². The molecule has 0 bridgehead atoms. The number of nitrogens with zero attached hydrogens (tertiary/aromatic N) is 1. The van der Waals surface area contributed by atoms with Crippen LogP contribution in [-0.4, -0.2) is 63.7 Å². The van der Waals surface area contributed by atoms with Crippen LogP contribution in [0.15, 0.2) is 36.4 Å². The molecule has 3 aromatic rings. The summed E-state index contributed by atoms with van der Waals surface area (Å²) >= 11 is 1.31. The van der Waals surface area contributed by atoms with Gasteiger partial charge in [0.15, 0.2) is 0 Å². The second-order valence-corrected chi connectivity index (χ2v) is 14.4. The number of ether oxygens (including phenoxy) is 1. The molecule has 0 radical (unpaired) electrons. The summed E-state index contributed by atoms with van der Waals surface area (Å²) < 4.78 is 59.4. The van der Waals surface area contributed by atoms with E-state index in [-0.39, 0.29) is 12.1 Å². The number of likely N-dealkylation sites (tertiary alicyclic amines) is 1. The van der Waals surface area contributed by atoms with Gasteiger partial charge in [0, 0.05) is 24.4 Å². The van der Waals surface area contributed by atoms with E-state index in [4.69, 9.17) is 4.74 Å². The molecule has 0 amide bonds. The van der Waals surface area contributed by atoms with Crippen LogP contribution >= 0.6 is 18.5 Å². The number of halogens is 3. The number of methoxy groups -OCH3 is 1. The largest absolute Gasteiger partial charge is 0.495 e. The van der Waals surface area contributed by atoms with Gasteiger partial charge in [-0.1, -0.05) is 30.9 Å². The number of nitrogens with one attached hydrogen (secondary N) is 2. The molecule has 210 valence electrons. The van der Waals surface area contributed by atoms with Crippen molar-refractivity contribution in [2.75, 3.05) is 57.3 Å². The van der Waals surface area contributed by atoms with Crippen LogP contribution in [-0.2, 0) is 11.0 Å². The minimum absolute atomic E-state index is 0.215. The van der Waals surface area contributed by atoms with Gasteiger partial charge in [0.1, 0.15) is 12.9 Å². The summed E-state index contributed by atoms with van der Waals surface area (Å²) in [4.78, 5) is 2.84. The Morgan fingerprint density at radius 2 is 1.90 bits per heavy atom. The Hall–Kier alpha value is -2.66. The third kappa shape index (κ3) is 7.51. The lowest BCUT2D eigenvalue weighted by molar-refractivity contribution is -0.126. The molecule has 0 unspecified atom stereocenters. The summed E-state index contributed by atoms with van der Waals surface area (Å²) in [5.74, 6) is 6.53. The molecule has 1 aliphatic heterocycles. The van der Waals surface area contributed by atoms with Crippen molar-refractivity contribution in [3.8, 4) is 17.6 Å². The monoisotopic (exact) mass is 577 g/mol. The molecular weight excluding hydrogens is 542 g/mol. The molecule has 0 atom stereocenters. The summed E-state index contributed by atoms with van der Waals surface area (Å²) in [5.41, 5.74) is 1.77. The van der Waals surface area contributed by atoms with E-state index < -0.39 is 19.7 Å². The maximum atomic E-state index is 13.6. The zero-order valence-corrected chi connectivity index (χ0v) is 24.5. The average Bonchev–Trinajstić information content (AvgIpc) is 3.23. The topological polar surface area (TPSA) is 53.6 Å². The van der Waals surface area contributed by atoms with Gasteiger partial charge in [-0.05, 0) is 67.9 Å². The molecule has 4 rings (SSSR count). The van der Waals surface area contributed by atoms with Crippen molar-refractivity contribution >= 4 is 45.2 Å². The minimum Gasteiger partial charge on any atom is -0.495 e. The van der Waals surface area contributed by atoms with Gasteiger partial charge in [-0.25, -0.2) is 0 Å². The zero-order chi connectivity index (χ0) is 28.2. The number of hydrogen-bond donors (Lipinski definition) is 2. The molecule has 10 heteroatoms. The molecule has 1 fully saturated rings. The minimum atomic E-state index is -4.34. The lowest BCUT2D eigenvalue weighted by Gasteiger charge is -2.32. The van der Waals surface area contributed by atoms with Crippen LogP contribution in [0.1, 0.15) is 30.2 Å². The van der Waals surface area contributed by atoms with Gasteiger partial charge in [0.25, 0.3) is 0 Å². The summed E-state index contributed by atoms with van der Waals surface area (Å²) in [6.45, 7) is 8.82. The van der Waals surface area contributed by atoms with E-state index in [0.29, 0.717) is 33.0 Å². The smallest absolute Gasteiger partial charge is 0.393 e. The highest BCUT2D eigenvalue weighted by Crippen LogP contribution is 2.40. The molecule has 39 heavy (non-hydrogen) atoms. The maximum absolute atomic E-state index is 13.6. The SMILES string of the molecule is CCN1CCC(Nc2cccc3c(CC(F)(F)F)c(C#CCNc4ccc(P(C)(C)=O)cc4OC)sc23)CC1. The van der Waals surface area contributed by atoms with Gasteiger partial charge in [-0.15, -0.1) is 11.3 Å². The molecule has 1 saturated heterocycles. The van der Waals surface area contributed by atoms with Crippen LogP contribution in [0, 0.1) is 11.8 Å². The number of fused-ring (bicyclic) bond motifs is 1. The van der Waals surface area contributed by atoms with Gasteiger partial charge < -0.3 is 24.8 Å². The fourth-order valence-electron chi connectivity index (χ4n) is 4.80. The summed E-state index contributed by atoms with van der Waals surface area (Å²) in [6.07, 6.45) is -3.36. The number of piperidine rings is 1. The van der Waals surface area contributed by atoms with E-state index in [2.05, 4.69) is 34.3 Å². The van der Waals surface area contributed by atoms with Crippen LogP contribution in [0.5, 0.6) is 5.75 Å². The number of rotatable bonds is 8. The van der Waals surface area contributed by atoms with Crippen molar-refractivity contribution in [1.82, 2.24) is 4.90 Å². The Morgan fingerprint density at radius 1 is 1.15 bits per heavy atom. The number of thiophene rings is 1. The summed E-state index contributed by atoms with van der Waals surface area (Å²) in [6, 6.07) is 11.1. The van der Waals surface area contributed by atoms with Crippen molar-refractivity contribution in [1.29, 1.82) is 0 Å². The first-order chi connectivity index (χ1) is 18.5. The van der Waals surface area contributed by atoms with Crippen molar-refractivity contribution in [3.05, 3.63) is 46.8 Å². The molecule has 1 aromatic heterocycles. The maximum Gasteiger partial charge on any atom is 0.393 e. The van der Waals surface area contributed by atoms with Crippen molar-refractivity contribution in [2.24, 2.45) is 0 Å². The van der Waals surface area contributed by atoms with Crippen molar-refractivity contribution in [3.63, 3.8) is 0 Å². The molecular formula is C29H35F3N3O2PS. The second-order valence-electron chi connectivity index (χ2n) is 10.1. The van der Waals surface area contributed by atoms with Gasteiger partial charge in [-0.3, -0.25) is 0 Å². The lowest BCUT2D eigenvalue weighted by atomic mass is 10.0. The van der Waals surface area contributed by atoms with Crippen molar-refractivity contribution < 1.29 is 22.5 Å². The first kappa shape index (κ1) is 29.3. The molecule has 0 spiro atoms. The highest BCUT2D eigenvalue weighted by molar-refractivity contribution is 7.70. The predicted molar refractivity (Wildman–Crippen MR) is 158 cm³/mol. The van der Waals surface area contributed by atoms with Gasteiger partial charge in [-0.2, -0.15) is 13.2 Å². The van der Waals surface area contributed by atoms with Crippen molar-refractivity contribution in [2.45, 2.75) is 38.4 Å². The van der Waals surface area contributed by atoms with E-state index in [1.807, 2.05) is 12.1 Å². The molecule has 2 N–H and O–H groups in total. The fraction of sp³-hybridized carbons (Fsp3) is 0.448. The molecule has 1 aliphatic rings. The number of anilines is 2. The highest BCUT2D eigenvalue weighted by Gasteiger charge is 2.31. The molecule has 2 heterocycles. The first-order valence-corrected chi connectivity index (χ1v) is 16.5. The van der Waals surface area contributed by atoms with E-state index in [1.165, 1.54) is 18.4 Å². The van der Waals surface area contributed by atoms with Crippen LogP contribution in [0.3, 0.4) is 0 Å². The second kappa shape index (κ2) is 12.2. The van der Waals surface area contributed by atoms with E-state index in [1.54, 1.807) is 37.6 Å². The lowest BCUT2D eigenvalue weighted by Crippen LogP contribution is -2.38. The van der Waals surface area contributed by atoms with Crippen LogP contribution < -0.4 is 20.7 Å². The Labute approximate surface area is 232 Å². The van der Waals surface area contributed by atoms with Crippen LogP contribution in [0.2, 0.25) is 0 Å². The van der Waals surface area contributed by atoms with E-state index in [0.717, 1.165) is 42.9 Å². The first-order valence-electron chi connectivity index (χ1n) is 13.0. The third-order valence-corrected chi connectivity index (χ3v) is 9.68. The molecule has 0 saturated carbocycles. The van der Waals surface area contributed by atoms with Crippen LogP contribution in [0.4, 0.5) is 24.5 Å². The van der Waals surface area contributed by atoms with Gasteiger partial charge in [0.2, 0.25) is 0 Å². The fourth-order valence-corrected chi connectivity index (χ4v) is 6.83. The average molecular weight is 578 g/mol. The number of hydrogen-bond acceptors (Lipinski definition) is 6. The van der Waals surface area contributed by atoms with E-state index >= 15 is 0 Å². The standard InChI is InChI=1S/C29H35F3N3O2PS/c1-5-35-16-13-20(14-17-35)34-25-9-6-8-22-23(19-29(30,31)32)27(39-28(22)25)10-7-15-33-24-12-11-21(38(3,4)36)18-26(24)37-2/h6,8-9,11-12,18,20,33-34H,5,13-17,19H2,1-4H3. The summed E-state index contributed by atoms with van der Waals surface area (Å²) in [7, 11) is -0.908. The Morgan fingerprint density at radius 3 is 2.54 bits per heavy atom.